The fraction of sp³-hybridized carbons (Fsp3) is 0.625. The Hall–Kier alpha value is -1.26. The molecule has 0 aliphatic carbocycles. The standard InChI is InChI=1S/C16H25NO3/c1-3-5-8-18-12-14(17-4-2)13-6-7-15-16(11-13)20-10-9-19-15/h6-7,11,14,17H,3-5,8-10,12H2,1-2H3. The Balaban J connectivity index is 2.00. The molecule has 0 saturated carbocycles. The molecule has 1 aliphatic rings. The fourth-order valence-corrected chi connectivity index (χ4v) is 2.24. The van der Waals surface area contributed by atoms with Gasteiger partial charge in [-0.25, -0.2) is 0 Å². The van der Waals surface area contributed by atoms with E-state index in [4.69, 9.17) is 14.2 Å². The molecule has 1 aromatic rings. The lowest BCUT2D eigenvalue weighted by Crippen LogP contribution is -2.26. The van der Waals surface area contributed by atoms with Crippen LogP contribution in [-0.2, 0) is 4.74 Å². The van der Waals surface area contributed by atoms with E-state index in [1.54, 1.807) is 0 Å². The van der Waals surface area contributed by atoms with Gasteiger partial charge in [-0.15, -0.1) is 0 Å². The molecular weight excluding hydrogens is 254 g/mol. The highest BCUT2D eigenvalue weighted by Crippen LogP contribution is 2.32. The molecular formula is C16H25NO3. The summed E-state index contributed by atoms with van der Waals surface area (Å²) in [6.07, 6.45) is 2.27. The Morgan fingerprint density at radius 3 is 2.75 bits per heavy atom. The maximum absolute atomic E-state index is 5.75. The first-order chi connectivity index (χ1) is 9.85. The summed E-state index contributed by atoms with van der Waals surface area (Å²) in [5, 5.41) is 3.46. The third kappa shape index (κ3) is 4.12. The minimum Gasteiger partial charge on any atom is -0.486 e. The van der Waals surface area contributed by atoms with Crippen molar-refractivity contribution in [3.05, 3.63) is 23.8 Å². The highest BCUT2D eigenvalue weighted by molar-refractivity contribution is 5.44. The average molecular weight is 279 g/mol. The first kappa shape index (κ1) is 15.1. The van der Waals surface area contributed by atoms with Gasteiger partial charge >= 0.3 is 0 Å². The Kier molecular flexibility index (Phi) is 6.15. The SMILES string of the molecule is CCCCOCC(NCC)c1ccc2c(c1)OCCO2. The van der Waals surface area contributed by atoms with Gasteiger partial charge in [0, 0.05) is 6.61 Å². The topological polar surface area (TPSA) is 39.7 Å². The predicted molar refractivity (Wildman–Crippen MR) is 79.6 cm³/mol. The van der Waals surface area contributed by atoms with Crippen LogP contribution in [-0.4, -0.2) is 33.0 Å². The van der Waals surface area contributed by atoms with Crippen molar-refractivity contribution in [2.75, 3.05) is 33.0 Å². The van der Waals surface area contributed by atoms with E-state index >= 15 is 0 Å². The van der Waals surface area contributed by atoms with Crippen LogP contribution in [0.3, 0.4) is 0 Å². The molecule has 0 amide bonds. The number of benzene rings is 1. The summed E-state index contributed by atoms with van der Waals surface area (Å²) in [6.45, 7) is 7.95. The minimum atomic E-state index is 0.202. The van der Waals surface area contributed by atoms with Gasteiger partial charge in [0.05, 0.1) is 12.6 Å². The maximum atomic E-state index is 5.75. The van der Waals surface area contributed by atoms with Gasteiger partial charge in [-0.2, -0.15) is 0 Å². The number of fused-ring (bicyclic) bond motifs is 1. The first-order valence-corrected chi connectivity index (χ1v) is 7.55. The van der Waals surface area contributed by atoms with Crippen molar-refractivity contribution < 1.29 is 14.2 Å². The number of ether oxygens (including phenoxy) is 3. The largest absolute Gasteiger partial charge is 0.486 e. The van der Waals surface area contributed by atoms with Gasteiger partial charge in [0.15, 0.2) is 11.5 Å². The molecule has 0 saturated heterocycles. The van der Waals surface area contributed by atoms with Crippen molar-refractivity contribution in [2.45, 2.75) is 32.7 Å². The smallest absolute Gasteiger partial charge is 0.161 e. The molecule has 2 rings (SSSR count). The van der Waals surface area contributed by atoms with Crippen molar-refractivity contribution >= 4 is 0 Å². The zero-order valence-electron chi connectivity index (χ0n) is 12.5. The van der Waals surface area contributed by atoms with Gasteiger partial charge < -0.3 is 19.5 Å². The number of likely N-dealkylation sites (N-methyl/N-ethyl adjacent to an activating group) is 1. The van der Waals surface area contributed by atoms with Crippen LogP contribution in [0.1, 0.15) is 38.3 Å². The van der Waals surface area contributed by atoms with E-state index in [9.17, 15) is 0 Å². The lowest BCUT2D eigenvalue weighted by molar-refractivity contribution is 0.109. The molecule has 0 spiro atoms. The molecule has 1 atom stereocenters. The van der Waals surface area contributed by atoms with Crippen LogP contribution in [0.15, 0.2) is 18.2 Å². The molecule has 0 radical (unpaired) electrons. The van der Waals surface area contributed by atoms with Crippen molar-refractivity contribution in [3.63, 3.8) is 0 Å². The summed E-state index contributed by atoms with van der Waals surface area (Å²) >= 11 is 0. The number of hydrogen-bond donors (Lipinski definition) is 1. The van der Waals surface area contributed by atoms with Crippen LogP contribution in [0.25, 0.3) is 0 Å². The second-order valence-electron chi connectivity index (χ2n) is 4.94. The molecule has 1 aromatic carbocycles. The molecule has 0 aromatic heterocycles. The molecule has 0 bridgehead atoms. The lowest BCUT2D eigenvalue weighted by atomic mass is 10.1. The Bertz CT molecular complexity index is 409. The molecule has 4 heteroatoms. The predicted octanol–water partition coefficient (Wildman–Crippen LogP) is 2.93. The highest BCUT2D eigenvalue weighted by atomic mass is 16.6. The number of unbranched alkanes of at least 4 members (excludes halogenated alkanes) is 1. The summed E-state index contributed by atoms with van der Waals surface area (Å²) in [4.78, 5) is 0. The van der Waals surface area contributed by atoms with E-state index < -0.39 is 0 Å². The average Bonchev–Trinajstić information content (AvgIpc) is 2.50. The molecule has 1 N–H and O–H groups in total. The van der Waals surface area contributed by atoms with Crippen molar-refractivity contribution in [1.29, 1.82) is 0 Å². The Labute approximate surface area is 121 Å². The van der Waals surface area contributed by atoms with E-state index in [1.165, 1.54) is 5.56 Å². The van der Waals surface area contributed by atoms with Crippen LogP contribution in [0.2, 0.25) is 0 Å². The van der Waals surface area contributed by atoms with Crippen molar-refractivity contribution in [3.8, 4) is 11.5 Å². The van der Waals surface area contributed by atoms with Crippen molar-refractivity contribution in [1.82, 2.24) is 5.32 Å². The monoisotopic (exact) mass is 279 g/mol. The van der Waals surface area contributed by atoms with Crippen LogP contribution >= 0.6 is 0 Å². The molecule has 4 nitrogen and oxygen atoms in total. The molecule has 20 heavy (non-hydrogen) atoms. The van der Waals surface area contributed by atoms with Crippen LogP contribution in [0.4, 0.5) is 0 Å². The second-order valence-corrected chi connectivity index (χ2v) is 4.94. The number of hydrogen-bond acceptors (Lipinski definition) is 4. The summed E-state index contributed by atoms with van der Waals surface area (Å²) in [5.74, 6) is 1.67. The number of nitrogens with one attached hydrogen (secondary N) is 1. The van der Waals surface area contributed by atoms with Crippen LogP contribution < -0.4 is 14.8 Å². The highest BCUT2D eigenvalue weighted by Gasteiger charge is 2.16. The van der Waals surface area contributed by atoms with E-state index in [0.29, 0.717) is 19.8 Å². The van der Waals surface area contributed by atoms with Gasteiger partial charge in [0.25, 0.3) is 0 Å². The molecule has 112 valence electrons. The summed E-state index contributed by atoms with van der Waals surface area (Å²) in [7, 11) is 0. The Morgan fingerprint density at radius 1 is 1.20 bits per heavy atom. The van der Waals surface area contributed by atoms with Gasteiger partial charge in [0.2, 0.25) is 0 Å². The molecule has 1 aliphatic heterocycles. The second kappa shape index (κ2) is 8.12. The lowest BCUT2D eigenvalue weighted by Gasteiger charge is -2.22. The summed E-state index contributed by atoms with van der Waals surface area (Å²) in [6, 6.07) is 6.34. The van der Waals surface area contributed by atoms with E-state index in [1.807, 2.05) is 6.07 Å². The van der Waals surface area contributed by atoms with Gasteiger partial charge in [-0.1, -0.05) is 26.3 Å². The van der Waals surface area contributed by atoms with Crippen LogP contribution in [0.5, 0.6) is 11.5 Å². The fourth-order valence-electron chi connectivity index (χ4n) is 2.24. The first-order valence-electron chi connectivity index (χ1n) is 7.55. The third-order valence-corrected chi connectivity index (χ3v) is 3.35. The number of rotatable bonds is 8. The van der Waals surface area contributed by atoms with Gasteiger partial charge in [0.1, 0.15) is 13.2 Å². The van der Waals surface area contributed by atoms with E-state index in [-0.39, 0.29) is 6.04 Å². The normalized spacial score (nSPS) is 15.1. The Morgan fingerprint density at radius 2 is 2.00 bits per heavy atom. The zero-order valence-corrected chi connectivity index (χ0v) is 12.5. The summed E-state index contributed by atoms with van der Waals surface area (Å²) in [5.41, 5.74) is 1.19. The summed E-state index contributed by atoms with van der Waals surface area (Å²) < 4.78 is 16.9. The van der Waals surface area contributed by atoms with Gasteiger partial charge in [-0.05, 0) is 30.7 Å². The molecule has 1 heterocycles. The zero-order chi connectivity index (χ0) is 14.2. The minimum absolute atomic E-state index is 0.202. The van der Waals surface area contributed by atoms with E-state index in [2.05, 4.69) is 31.3 Å². The van der Waals surface area contributed by atoms with Crippen LogP contribution in [0, 0.1) is 0 Å². The van der Waals surface area contributed by atoms with Gasteiger partial charge in [-0.3, -0.25) is 0 Å². The third-order valence-electron chi connectivity index (χ3n) is 3.35. The quantitative estimate of drug-likeness (QED) is 0.743. The maximum Gasteiger partial charge on any atom is 0.161 e. The molecule has 1 unspecified atom stereocenters. The van der Waals surface area contributed by atoms with Crippen molar-refractivity contribution in [2.24, 2.45) is 0 Å². The molecule has 0 fully saturated rings. The van der Waals surface area contributed by atoms with E-state index in [0.717, 1.165) is 37.5 Å².